The van der Waals surface area contributed by atoms with Crippen LogP contribution in [0.15, 0.2) is 34.9 Å². The summed E-state index contributed by atoms with van der Waals surface area (Å²) < 4.78 is 45.4. The molecule has 2 aromatic rings. The summed E-state index contributed by atoms with van der Waals surface area (Å²) in [4.78, 5) is 26.4. The SMILES string of the molecule is Cc1cc(CC(=O)N2CC(O)CC2C(=O)NCc2ccc(OC(F)(F)F)cc2)on1. The van der Waals surface area contributed by atoms with Crippen molar-refractivity contribution in [3.63, 3.8) is 0 Å². The first-order valence-corrected chi connectivity index (χ1v) is 9.13. The summed E-state index contributed by atoms with van der Waals surface area (Å²) in [5, 5.41) is 16.3. The van der Waals surface area contributed by atoms with Crippen molar-refractivity contribution >= 4 is 11.8 Å². The highest BCUT2D eigenvalue weighted by atomic mass is 19.4. The van der Waals surface area contributed by atoms with Crippen molar-refractivity contribution < 1.29 is 37.1 Å². The van der Waals surface area contributed by atoms with Gasteiger partial charge in [-0.3, -0.25) is 9.59 Å². The Morgan fingerprint density at radius 1 is 1.33 bits per heavy atom. The molecule has 2 unspecified atom stereocenters. The van der Waals surface area contributed by atoms with Crippen LogP contribution < -0.4 is 10.1 Å². The lowest BCUT2D eigenvalue weighted by molar-refractivity contribution is -0.274. The normalized spacial score (nSPS) is 19.0. The molecule has 1 aliphatic rings. The van der Waals surface area contributed by atoms with Crippen LogP contribution in [0.5, 0.6) is 5.75 Å². The Morgan fingerprint density at radius 2 is 2.03 bits per heavy atom. The molecule has 3 rings (SSSR count). The number of nitrogens with zero attached hydrogens (tertiary/aromatic N) is 2. The molecule has 1 fully saturated rings. The number of aromatic nitrogens is 1. The van der Waals surface area contributed by atoms with E-state index in [9.17, 15) is 27.9 Å². The second-order valence-corrected chi connectivity index (χ2v) is 6.97. The molecule has 2 atom stereocenters. The summed E-state index contributed by atoms with van der Waals surface area (Å²) in [6.07, 6.45) is -5.61. The molecule has 0 spiro atoms. The number of nitrogens with one attached hydrogen (secondary N) is 1. The monoisotopic (exact) mass is 427 g/mol. The summed E-state index contributed by atoms with van der Waals surface area (Å²) in [5.74, 6) is -0.851. The van der Waals surface area contributed by atoms with Crippen molar-refractivity contribution in [3.05, 3.63) is 47.3 Å². The van der Waals surface area contributed by atoms with Gasteiger partial charge in [-0.2, -0.15) is 0 Å². The van der Waals surface area contributed by atoms with Crippen LogP contribution in [0.25, 0.3) is 0 Å². The number of hydrogen-bond acceptors (Lipinski definition) is 6. The highest BCUT2D eigenvalue weighted by molar-refractivity contribution is 5.89. The average molecular weight is 427 g/mol. The van der Waals surface area contributed by atoms with E-state index in [1.54, 1.807) is 13.0 Å². The van der Waals surface area contributed by atoms with Crippen LogP contribution >= 0.6 is 0 Å². The summed E-state index contributed by atoms with van der Waals surface area (Å²) in [7, 11) is 0. The molecule has 0 aliphatic carbocycles. The van der Waals surface area contributed by atoms with Crippen molar-refractivity contribution in [1.29, 1.82) is 0 Å². The molecule has 1 saturated heterocycles. The van der Waals surface area contributed by atoms with Gasteiger partial charge in [-0.1, -0.05) is 17.3 Å². The van der Waals surface area contributed by atoms with Crippen LogP contribution in [0.3, 0.4) is 0 Å². The lowest BCUT2D eigenvalue weighted by Gasteiger charge is -2.23. The fourth-order valence-electron chi connectivity index (χ4n) is 3.20. The minimum absolute atomic E-state index is 0.0213. The summed E-state index contributed by atoms with van der Waals surface area (Å²) in [5.41, 5.74) is 1.17. The van der Waals surface area contributed by atoms with E-state index < -0.39 is 24.4 Å². The highest BCUT2D eigenvalue weighted by Gasteiger charge is 2.39. The molecule has 8 nitrogen and oxygen atoms in total. The van der Waals surface area contributed by atoms with Crippen LogP contribution in [0.4, 0.5) is 13.2 Å². The minimum atomic E-state index is -4.78. The molecule has 162 valence electrons. The smallest absolute Gasteiger partial charge is 0.406 e. The Morgan fingerprint density at radius 3 is 2.63 bits per heavy atom. The van der Waals surface area contributed by atoms with Gasteiger partial charge < -0.3 is 24.6 Å². The number of aliphatic hydroxyl groups excluding tert-OH is 1. The van der Waals surface area contributed by atoms with Gasteiger partial charge in [-0.25, -0.2) is 0 Å². The zero-order chi connectivity index (χ0) is 21.9. The van der Waals surface area contributed by atoms with Crippen LogP contribution in [0.1, 0.15) is 23.4 Å². The molecule has 2 heterocycles. The van der Waals surface area contributed by atoms with Gasteiger partial charge in [0, 0.05) is 25.6 Å². The van der Waals surface area contributed by atoms with Gasteiger partial charge in [0.15, 0.2) is 0 Å². The second kappa shape index (κ2) is 8.74. The quantitative estimate of drug-likeness (QED) is 0.727. The molecule has 2 N–H and O–H groups in total. The predicted octanol–water partition coefficient (Wildman–Crippen LogP) is 1.70. The first-order chi connectivity index (χ1) is 14.1. The van der Waals surface area contributed by atoms with Crippen molar-refractivity contribution in [2.24, 2.45) is 0 Å². The number of hydrogen-bond donors (Lipinski definition) is 2. The number of carbonyl (C=O) groups excluding carboxylic acids is 2. The molecule has 11 heteroatoms. The second-order valence-electron chi connectivity index (χ2n) is 6.97. The lowest BCUT2D eigenvalue weighted by atomic mass is 10.1. The maximum Gasteiger partial charge on any atom is 0.573 e. The molecule has 30 heavy (non-hydrogen) atoms. The number of benzene rings is 1. The predicted molar refractivity (Wildman–Crippen MR) is 96.0 cm³/mol. The van der Waals surface area contributed by atoms with Gasteiger partial charge in [0.25, 0.3) is 0 Å². The zero-order valence-electron chi connectivity index (χ0n) is 16.0. The summed E-state index contributed by atoms with van der Waals surface area (Å²) in [6.45, 7) is 1.78. The number of amides is 2. The summed E-state index contributed by atoms with van der Waals surface area (Å²) >= 11 is 0. The molecule has 1 aromatic carbocycles. The van der Waals surface area contributed by atoms with Crippen LogP contribution in [0.2, 0.25) is 0 Å². The first kappa shape index (κ1) is 21.6. The number of ether oxygens (including phenoxy) is 1. The van der Waals surface area contributed by atoms with Crippen molar-refractivity contribution in [2.75, 3.05) is 6.54 Å². The Kier molecular flexibility index (Phi) is 6.30. The summed E-state index contributed by atoms with van der Waals surface area (Å²) in [6, 6.07) is 5.82. The zero-order valence-corrected chi connectivity index (χ0v) is 16.0. The molecule has 0 saturated carbocycles. The Balaban J connectivity index is 1.57. The van der Waals surface area contributed by atoms with Crippen LogP contribution in [0, 0.1) is 6.92 Å². The van der Waals surface area contributed by atoms with E-state index in [-0.39, 0.29) is 37.6 Å². The van der Waals surface area contributed by atoms with E-state index in [0.29, 0.717) is 17.0 Å². The number of alkyl halides is 3. The molecule has 2 amide bonds. The Hall–Kier alpha value is -3.08. The van der Waals surface area contributed by atoms with Crippen molar-refractivity contribution in [3.8, 4) is 5.75 Å². The number of β-amino-alcohol motifs (C(OH)–C–C–N with tert-alkyl or cyclic N) is 1. The average Bonchev–Trinajstić information content (AvgIpc) is 3.25. The Bertz CT molecular complexity index is 898. The number of likely N-dealkylation sites (tertiary alicyclic amines) is 1. The third-order valence-corrected chi connectivity index (χ3v) is 4.53. The third kappa shape index (κ3) is 5.72. The standard InChI is InChI=1S/C19H20F3N3O5/c1-11-6-15(30-24-11)8-17(27)25-10-13(26)7-16(25)18(28)23-9-12-2-4-14(5-3-12)29-19(20,21)22/h2-6,13,16,26H,7-10H2,1H3,(H,23,28). The number of rotatable bonds is 6. The van der Waals surface area contributed by atoms with Gasteiger partial charge >= 0.3 is 6.36 Å². The van der Waals surface area contributed by atoms with E-state index in [4.69, 9.17) is 4.52 Å². The van der Waals surface area contributed by atoms with Gasteiger partial charge in [-0.15, -0.1) is 13.2 Å². The lowest BCUT2D eigenvalue weighted by Crippen LogP contribution is -2.46. The molecule has 1 aromatic heterocycles. The molecule has 0 bridgehead atoms. The van der Waals surface area contributed by atoms with Gasteiger partial charge in [-0.05, 0) is 24.6 Å². The van der Waals surface area contributed by atoms with E-state index in [1.165, 1.54) is 17.0 Å². The van der Waals surface area contributed by atoms with Gasteiger partial charge in [0.2, 0.25) is 11.8 Å². The van der Waals surface area contributed by atoms with E-state index in [2.05, 4.69) is 15.2 Å². The fraction of sp³-hybridized carbons (Fsp3) is 0.421. The number of carbonyl (C=O) groups is 2. The van der Waals surface area contributed by atoms with Gasteiger partial charge in [0.1, 0.15) is 17.6 Å². The maximum atomic E-state index is 12.6. The molecular weight excluding hydrogens is 407 g/mol. The third-order valence-electron chi connectivity index (χ3n) is 4.53. The topological polar surface area (TPSA) is 105 Å². The Labute approximate surface area is 169 Å². The van der Waals surface area contributed by atoms with E-state index in [0.717, 1.165) is 12.1 Å². The first-order valence-electron chi connectivity index (χ1n) is 9.13. The molecular formula is C19H20F3N3O5. The van der Waals surface area contributed by atoms with Gasteiger partial charge in [0.05, 0.1) is 18.2 Å². The fourth-order valence-corrected chi connectivity index (χ4v) is 3.20. The molecule has 0 radical (unpaired) electrons. The number of aryl methyl sites for hydroxylation is 1. The minimum Gasteiger partial charge on any atom is -0.406 e. The maximum absolute atomic E-state index is 12.6. The van der Waals surface area contributed by atoms with Crippen molar-refractivity contribution in [1.82, 2.24) is 15.4 Å². The van der Waals surface area contributed by atoms with Crippen LogP contribution in [-0.2, 0) is 22.6 Å². The van der Waals surface area contributed by atoms with Crippen LogP contribution in [-0.4, -0.2) is 52.0 Å². The van der Waals surface area contributed by atoms with Crippen molar-refractivity contribution in [2.45, 2.75) is 44.8 Å². The van der Waals surface area contributed by atoms with E-state index >= 15 is 0 Å². The number of halogens is 3. The largest absolute Gasteiger partial charge is 0.573 e. The number of aliphatic hydroxyl groups is 1. The van der Waals surface area contributed by atoms with E-state index in [1.807, 2.05) is 0 Å². The molecule has 1 aliphatic heterocycles. The highest BCUT2D eigenvalue weighted by Crippen LogP contribution is 2.23.